The number of rotatable bonds is 1. The molecule has 0 spiro atoms. The van der Waals surface area contributed by atoms with Crippen molar-refractivity contribution in [2.45, 2.75) is 44.6 Å². The Morgan fingerprint density at radius 3 is 3.04 bits per heavy atom. The molecule has 4 rings (SSSR count). The molecule has 6 nitrogen and oxygen atoms in total. The normalized spacial score (nSPS) is 22.4. The maximum atomic E-state index is 13.1. The van der Waals surface area contributed by atoms with Crippen LogP contribution in [0.25, 0.3) is 0 Å². The number of carbonyl (C=O) groups is 1. The van der Waals surface area contributed by atoms with Crippen LogP contribution in [-0.4, -0.2) is 27.3 Å². The van der Waals surface area contributed by atoms with Gasteiger partial charge in [-0.1, -0.05) is 18.2 Å². The highest BCUT2D eigenvalue weighted by atomic mass is 16.3. The Morgan fingerprint density at radius 1 is 1.42 bits per heavy atom. The van der Waals surface area contributed by atoms with Gasteiger partial charge in [0.15, 0.2) is 0 Å². The van der Waals surface area contributed by atoms with Crippen molar-refractivity contribution in [3.63, 3.8) is 0 Å². The number of aliphatic hydroxyl groups is 1. The molecule has 0 fully saturated rings. The molecule has 2 atom stereocenters. The number of hydrogen-bond donors (Lipinski definition) is 3. The lowest BCUT2D eigenvalue weighted by atomic mass is 9.88. The van der Waals surface area contributed by atoms with Crippen LogP contribution < -0.4 is 11.1 Å². The minimum atomic E-state index is -0.618. The van der Waals surface area contributed by atoms with E-state index in [-0.39, 0.29) is 11.8 Å². The van der Waals surface area contributed by atoms with Gasteiger partial charge < -0.3 is 16.2 Å². The summed E-state index contributed by atoms with van der Waals surface area (Å²) in [5.41, 5.74) is 10.8. The molecule has 0 saturated heterocycles. The molecule has 2 aromatic rings. The molecule has 126 valence electrons. The van der Waals surface area contributed by atoms with Crippen molar-refractivity contribution >= 4 is 17.4 Å². The zero-order valence-electron chi connectivity index (χ0n) is 13.7. The van der Waals surface area contributed by atoms with E-state index in [1.165, 1.54) is 4.68 Å². The summed E-state index contributed by atoms with van der Waals surface area (Å²) in [7, 11) is 0. The first kappa shape index (κ1) is 15.2. The summed E-state index contributed by atoms with van der Waals surface area (Å²) < 4.78 is 1.32. The summed E-state index contributed by atoms with van der Waals surface area (Å²) in [6.07, 6.45) is 2.41. The van der Waals surface area contributed by atoms with Gasteiger partial charge in [0.1, 0.15) is 5.82 Å². The fraction of sp³-hybridized carbons (Fsp3) is 0.444. The summed E-state index contributed by atoms with van der Waals surface area (Å²) in [4.78, 5) is 13.1. The Balaban J connectivity index is 1.75. The maximum absolute atomic E-state index is 13.1. The molecule has 1 aromatic carbocycles. The van der Waals surface area contributed by atoms with Gasteiger partial charge in [-0.3, -0.25) is 4.79 Å². The Morgan fingerprint density at radius 2 is 2.25 bits per heavy atom. The molecule has 2 heterocycles. The number of nitrogens with two attached hydrogens (primary N) is 1. The molecule has 6 heteroatoms. The summed E-state index contributed by atoms with van der Waals surface area (Å²) >= 11 is 0. The molecule has 2 aliphatic rings. The number of hydrogen-bond acceptors (Lipinski definition) is 5. The second-order valence-electron chi connectivity index (χ2n) is 6.71. The zero-order valence-corrected chi connectivity index (χ0v) is 13.7. The van der Waals surface area contributed by atoms with Crippen LogP contribution in [0.1, 0.15) is 58.5 Å². The Hall–Kier alpha value is -2.34. The van der Waals surface area contributed by atoms with Crippen LogP contribution in [0.15, 0.2) is 18.2 Å². The average Bonchev–Trinajstić information content (AvgIpc) is 2.93. The lowest BCUT2D eigenvalue weighted by Crippen LogP contribution is -2.28. The van der Waals surface area contributed by atoms with E-state index in [0.717, 1.165) is 41.8 Å². The van der Waals surface area contributed by atoms with Crippen molar-refractivity contribution in [3.05, 3.63) is 40.6 Å². The topological polar surface area (TPSA) is 93.2 Å². The third-order valence-electron chi connectivity index (χ3n) is 5.20. The molecule has 0 amide bonds. The number of nitrogen functional groups attached to an aromatic ring is 1. The minimum absolute atomic E-state index is 0.109. The van der Waals surface area contributed by atoms with Gasteiger partial charge in [-0.15, -0.1) is 0 Å². The van der Waals surface area contributed by atoms with Gasteiger partial charge in [0, 0.05) is 17.8 Å². The molecule has 0 saturated carbocycles. The van der Waals surface area contributed by atoms with E-state index in [0.29, 0.717) is 24.4 Å². The van der Waals surface area contributed by atoms with Crippen LogP contribution >= 0.6 is 0 Å². The van der Waals surface area contributed by atoms with Gasteiger partial charge in [0.05, 0.1) is 17.7 Å². The average molecular weight is 326 g/mol. The van der Waals surface area contributed by atoms with E-state index < -0.39 is 6.10 Å². The van der Waals surface area contributed by atoms with Gasteiger partial charge in [-0.2, -0.15) is 9.78 Å². The molecule has 1 unspecified atom stereocenters. The van der Waals surface area contributed by atoms with Crippen LogP contribution in [-0.2, 0) is 6.42 Å². The Kier molecular flexibility index (Phi) is 3.57. The zero-order chi connectivity index (χ0) is 16.8. The SMILES string of the molecule is Cc1cccc2c1NCCC2C(=O)n1nc2c(c1N)CCC[C@H]2O. The second kappa shape index (κ2) is 5.63. The van der Waals surface area contributed by atoms with Crippen molar-refractivity contribution in [1.29, 1.82) is 0 Å². The number of para-hydroxylation sites is 1. The lowest BCUT2D eigenvalue weighted by Gasteiger charge is -2.27. The fourth-order valence-electron chi connectivity index (χ4n) is 3.91. The van der Waals surface area contributed by atoms with Crippen molar-refractivity contribution in [2.24, 2.45) is 0 Å². The summed E-state index contributed by atoms with van der Waals surface area (Å²) in [6, 6.07) is 6.00. The molecule has 4 N–H and O–H groups in total. The number of anilines is 2. The predicted octanol–water partition coefficient (Wildman–Crippen LogP) is 2.38. The molecule has 1 aromatic heterocycles. The minimum Gasteiger partial charge on any atom is -0.387 e. The van der Waals surface area contributed by atoms with Crippen LogP contribution in [0.2, 0.25) is 0 Å². The number of carbonyl (C=O) groups excluding carboxylic acids is 1. The van der Waals surface area contributed by atoms with Crippen LogP contribution in [0.4, 0.5) is 11.5 Å². The standard InChI is InChI=1S/C18H22N4O2/c1-10-4-2-5-11-12(8-9-20-15(10)11)18(24)22-17(19)13-6-3-7-14(23)16(13)21-22/h2,4-5,12,14,20,23H,3,6-9,19H2,1H3/t12?,14-/m1/s1. The van der Waals surface area contributed by atoms with Crippen molar-refractivity contribution in [2.75, 3.05) is 17.6 Å². The van der Waals surface area contributed by atoms with Crippen molar-refractivity contribution in [3.8, 4) is 0 Å². The quantitative estimate of drug-likeness (QED) is 0.748. The number of benzene rings is 1. The van der Waals surface area contributed by atoms with E-state index >= 15 is 0 Å². The van der Waals surface area contributed by atoms with Gasteiger partial charge in [0.25, 0.3) is 5.91 Å². The van der Waals surface area contributed by atoms with Crippen LogP contribution in [0, 0.1) is 6.92 Å². The van der Waals surface area contributed by atoms with Gasteiger partial charge in [0.2, 0.25) is 0 Å². The molecule has 0 radical (unpaired) electrons. The highest BCUT2D eigenvalue weighted by Crippen LogP contribution is 2.37. The smallest absolute Gasteiger partial charge is 0.256 e. The Bertz CT molecular complexity index is 812. The maximum Gasteiger partial charge on any atom is 0.256 e. The largest absolute Gasteiger partial charge is 0.387 e. The number of aromatic nitrogens is 2. The molecular weight excluding hydrogens is 304 g/mol. The monoisotopic (exact) mass is 326 g/mol. The first-order valence-corrected chi connectivity index (χ1v) is 8.51. The van der Waals surface area contributed by atoms with Gasteiger partial charge in [-0.25, -0.2) is 0 Å². The van der Waals surface area contributed by atoms with E-state index in [4.69, 9.17) is 5.73 Å². The summed E-state index contributed by atoms with van der Waals surface area (Å²) in [5.74, 6) is 0.0193. The molecular formula is C18H22N4O2. The van der Waals surface area contributed by atoms with E-state index in [1.54, 1.807) is 0 Å². The lowest BCUT2D eigenvalue weighted by molar-refractivity contribution is 0.0856. The molecule has 24 heavy (non-hydrogen) atoms. The summed E-state index contributed by atoms with van der Waals surface area (Å²) in [5, 5.41) is 17.9. The Labute approximate surface area is 140 Å². The molecule has 0 bridgehead atoms. The second-order valence-corrected chi connectivity index (χ2v) is 6.71. The predicted molar refractivity (Wildman–Crippen MR) is 92.2 cm³/mol. The van der Waals surface area contributed by atoms with Crippen LogP contribution in [0.3, 0.4) is 0 Å². The number of nitrogens with one attached hydrogen (secondary N) is 1. The number of fused-ring (bicyclic) bond motifs is 2. The number of aliphatic hydroxyl groups excluding tert-OH is 1. The van der Waals surface area contributed by atoms with Crippen LogP contribution in [0.5, 0.6) is 0 Å². The third kappa shape index (κ3) is 2.21. The number of nitrogens with zero attached hydrogens (tertiary/aromatic N) is 2. The van der Waals surface area contributed by atoms with Crippen molar-refractivity contribution in [1.82, 2.24) is 9.78 Å². The third-order valence-corrected chi connectivity index (χ3v) is 5.20. The molecule has 1 aliphatic carbocycles. The molecule has 1 aliphatic heterocycles. The summed E-state index contributed by atoms with van der Waals surface area (Å²) in [6.45, 7) is 2.79. The number of aryl methyl sites for hydroxylation is 1. The first-order chi connectivity index (χ1) is 11.6. The van der Waals surface area contributed by atoms with Gasteiger partial charge >= 0.3 is 0 Å². The van der Waals surface area contributed by atoms with E-state index in [2.05, 4.69) is 10.4 Å². The highest BCUT2D eigenvalue weighted by molar-refractivity contribution is 5.90. The van der Waals surface area contributed by atoms with Crippen molar-refractivity contribution < 1.29 is 9.90 Å². The fourth-order valence-corrected chi connectivity index (χ4v) is 3.91. The van der Waals surface area contributed by atoms with E-state index in [9.17, 15) is 9.90 Å². The van der Waals surface area contributed by atoms with E-state index in [1.807, 2.05) is 25.1 Å². The highest BCUT2D eigenvalue weighted by Gasteiger charge is 2.33. The van der Waals surface area contributed by atoms with Gasteiger partial charge in [-0.05, 0) is 43.7 Å². The first-order valence-electron chi connectivity index (χ1n) is 8.51.